The molecule has 1 N–H and O–H groups in total. The van der Waals surface area contributed by atoms with Crippen LogP contribution in [0.4, 0.5) is 10.5 Å². The van der Waals surface area contributed by atoms with E-state index in [9.17, 15) is 9.90 Å². The lowest BCUT2D eigenvalue weighted by atomic mass is 10.0. The minimum atomic E-state index is -0.814. The predicted octanol–water partition coefficient (Wildman–Crippen LogP) is 3.41. The Hall–Kier alpha value is -3.00. The van der Waals surface area contributed by atoms with E-state index in [4.69, 9.17) is 5.26 Å². The van der Waals surface area contributed by atoms with Crippen LogP contribution in [-0.4, -0.2) is 41.8 Å². The Kier molecular flexibility index (Phi) is 3.81. The molecule has 5 nitrogen and oxygen atoms in total. The summed E-state index contributed by atoms with van der Waals surface area (Å²) in [7, 11) is 0. The second-order valence-electron chi connectivity index (χ2n) is 6.73. The van der Waals surface area contributed by atoms with Gasteiger partial charge in [-0.25, -0.2) is 4.79 Å². The molecule has 0 radical (unpaired) electrons. The van der Waals surface area contributed by atoms with Crippen molar-refractivity contribution in [2.24, 2.45) is 5.92 Å². The van der Waals surface area contributed by atoms with Gasteiger partial charge in [0.25, 0.3) is 0 Å². The van der Waals surface area contributed by atoms with Crippen LogP contribution < -0.4 is 4.90 Å². The first-order valence-corrected chi connectivity index (χ1v) is 8.51. The monoisotopic (exact) mass is 333 g/mol. The van der Waals surface area contributed by atoms with Crippen LogP contribution in [0.1, 0.15) is 12.0 Å². The van der Waals surface area contributed by atoms with Crippen LogP contribution in [0, 0.1) is 17.2 Å². The Labute approximate surface area is 146 Å². The van der Waals surface area contributed by atoms with Crippen molar-refractivity contribution in [1.82, 2.24) is 4.90 Å². The number of anilines is 1. The van der Waals surface area contributed by atoms with Gasteiger partial charge in [0.05, 0.1) is 17.7 Å². The number of amides is 1. The Balaban J connectivity index is 1.52. The number of hydrogen-bond acceptors (Lipinski definition) is 3. The highest BCUT2D eigenvalue weighted by molar-refractivity contribution is 5.68. The van der Waals surface area contributed by atoms with E-state index >= 15 is 0 Å². The number of carbonyl (C=O) groups is 1. The van der Waals surface area contributed by atoms with E-state index in [-0.39, 0.29) is 6.04 Å². The fraction of sp³-hybridized carbons (Fsp3) is 0.300. The number of nitrogens with zero attached hydrogens (tertiary/aromatic N) is 3. The van der Waals surface area contributed by atoms with Crippen molar-refractivity contribution in [1.29, 1.82) is 5.26 Å². The fourth-order valence-electron chi connectivity index (χ4n) is 4.02. The van der Waals surface area contributed by atoms with Gasteiger partial charge in [0.2, 0.25) is 0 Å². The van der Waals surface area contributed by atoms with Gasteiger partial charge in [0, 0.05) is 31.2 Å². The number of nitriles is 1. The van der Waals surface area contributed by atoms with Crippen LogP contribution in [0.5, 0.6) is 0 Å². The second kappa shape index (κ2) is 6.14. The molecule has 4 rings (SSSR count). The third-order valence-corrected chi connectivity index (χ3v) is 5.36. The van der Waals surface area contributed by atoms with E-state index < -0.39 is 6.09 Å². The molecule has 0 aliphatic carbocycles. The smallest absolute Gasteiger partial charge is 0.407 e. The van der Waals surface area contributed by atoms with E-state index in [0.29, 0.717) is 24.6 Å². The summed E-state index contributed by atoms with van der Waals surface area (Å²) in [5.41, 5.74) is 4.01. The highest BCUT2D eigenvalue weighted by Gasteiger charge is 2.42. The summed E-state index contributed by atoms with van der Waals surface area (Å²) in [6.45, 7) is 2.23. The summed E-state index contributed by atoms with van der Waals surface area (Å²) in [5.74, 6) is 0.439. The molecule has 2 fully saturated rings. The van der Waals surface area contributed by atoms with Crippen molar-refractivity contribution >= 4 is 11.8 Å². The van der Waals surface area contributed by atoms with E-state index in [1.807, 2.05) is 24.3 Å². The molecule has 25 heavy (non-hydrogen) atoms. The average Bonchev–Trinajstić information content (AvgIpc) is 3.23. The molecule has 2 heterocycles. The molecule has 5 heteroatoms. The van der Waals surface area contributed by atoms with Gasteiger partial charge in [-0.05, 0) is 41.8 Å². The molecule has 2 aliphatic rings. The van der Waals surface area contributed by atoms with Crippen molar-refractivity contribution in [2.75, 3.05) is 24.5 Å². The molecule has 2 aromatic carbocycles. The lowest BCUT2D eigenvalue weighted by molar-refractivity contribution is 0.153. The molecule has 0 spiro atoms. The lowest BCUT2D eigenvalue weighted by Crippen LogP contribution is -2.36. The average molecular weight is 333 g/mol. The zero-order chi connectivity index (χ0) is 17.4. The van der Waals surface area contributed by atoms with Crippen molar-refractivity contribution in [3.05, 3.63) is 54.1 Å². The first-order chi connectivity index (χ1) is 12.2. The summed E-state index contributed by atoms with van der Waals surface area (Å²) in [4.78, 5) is 15.1. The molecule has 2 aromatic rings. The zero-order valence-electron chi connectivity index (χ0n) is 13.8. The van der Waals surface area contributed by atoms with Crippen LogP contribution in [0.25, 0.3) is 11.1 Å². The summed E-state index contributed by atoms with van der Waals surface area (Å²) < 4.78 is 0. The molecule has 0 bridgehead atoms. The van der Waals surface area contributed by atoms with E-state index in [0.717, 1.165) is 29.8 Å². The summed E-state index contributed by atoms with van der Waals surface area (Å²) in [6, 6.07) is 18.4. The summed E-state index contributed by atoms with van der Waals surface area (Å²) in [5, 5.41) is 18.1. The van der Waals surface area contributed by atoms with Crippen molar-refractivity contribution < 1.29 is 9.90 Å². The SMILES string of the molecule is N#Cc1ccc(-c2ccc(N3CC[C@@H]4CN(C(=O)O)C[C@@H]43)cc2)cc1. The van der Waals surface area contributed by atoms with Crippen LogP contribution in [-0.2, 0) is 0 Å². The zero-order valence-corrected chi connectivity index (χ0v) is 13.8. The number of rotatable bonds is 2. The highest BCUT2D eigenvalue weighted by atomic mass is 16.4. The van der Waals surface area contributed by atoms with Crippen LogP contribution in [0.15, 0.2) is 48.5 Å². The lowest BCUT2D eigenvalue weighted by Gasteiger charge is -2.26. The minimum Gasteiger partial charge on any atom is -0.465 e. The molecular weight excluding hydrogens is 314 g/mol. The van der Waals surface area contributed by atoms with Crippen LogP contribution in [0.2, 0.25) is 0 Å². The van der Waals surface area contributed by atoms with Crippen molar-refractivity contribution in [3.8, 4) is 17.2 Å². The predicted molar refractivity (Wildman–Crippen MR) is 95.4 cm³/mol. The minimum absolute atomic E-state index is 0.289. The first kappa shape index (κ1) is 15.5. The molecule has 0 saturated carbocycles. The summed E-state index contributed by atoms with van der Waals surface area (Å²) >= 11 is 0. The maximum absolute atomic E-state index is 11.2. The third-order valence-electron chi connectivity index (χ3n) is 5.36. The number of likely N-dealkylation sites (tertiary alicyclic amines) is 1. The van der Waals surface area contributed by atoms with Gasteiger partial charge in [-0.2, -0.15) is 5.26 Å². The van der Waals surface area contributed by atoms with Crippen molar-refractivity contribution in [2.45, 2.75) is 12.5 Å². The van der Waals surface area contributed by atoms with Gasteiger partial charge in [0.1, 0.15) is 0 Å². The molecule has 0 unspecified atom stereocenters. The summed E-state index contributed by atoms with van der Waals surface area (Å²) in [6.07, 6.45) is 0.233. The Morgan fingerprint density at radius 3 is 2.28 bits per heavy atom. The van der Waals surface area contributed by atoms with Gasteiger partial charge in [0.15, 0.2) is 0 Å². The maximum Gasteiger partial charge on any atom is 0.407 e. The largest absolute Gasteiger partial charge is 0.465 e. The molecule has 2 saturated heterocycles. The Morgan fingerprint density at radius 1 is 1.04 bits per heavy atom. The topological polar surface area (TPSA) is 67.6 Å². The standard InChI is InChI=1S/C20H19N3O2/c21-11-14-1-3-15(4-2-14)16-5-7-18(8-6-16)23-10-9-17-12-22(20(24)25)13-19(17)23/h1-8,17,19H,9-10,12-13H2,(H,24,25)/t17-,19+/m1/s1. The normalized spacial score (nSPS) is 21.9. The number of fused-ring (bicyclic) bond motifs is 1. The Bertz CT molecular complexity index is 824. The van der Waals surface area contributed by atoms with E-state index in [1.54, 1.807) is 0 Å². The fourth-order valence-corrected chi connectivity index (χ4v) is 4.02. The third kappa shape index (κ3) is 2.80. The molecule has 126 valence electrons. The number of hydrogen-bond donors (Lipinski definition) is 1. The highest BCUT2D eigenvalue weighted by Crippen LogP contribution is 2.35. The van der Waals surface area contributed by atoms with Gasteiger partial charge >= 0.3 is 6.09 Å². The van der Waals surface area contributed by atoms with Gasteiger partial charge in [-0.3, -0.25) is 0 Å². The van der Waals surface area contributed by atoms with E-state index in [1.165, 1.54) is 4.90 Å². The Morgan fingerprint density at radius 2 is 1.68 bits per heavy atom. The van der Waals surface area contributed by atoms with Crippen LogP contribution >= 0.6 is 0 Å². The maximum atomic E-state index is 11.2. The molecule has 1 amide bonds. The van der Waals surface area contributed by atoms with Gasteiger partial charge in [-0.1, -0.05) is 24.3 Å². The van der Waals surface area contributed by atoms with E-state index in [2.05, 4.69) is 35.2 Å². The second-order valence-corrected chi connectivity index (χ2v) is 6.73. The quantitative estimate of drug-likeness (QED) is 0.914. The number of carboxylic acid groups (broad SMARTS) is 1. The number of benzene rings is 2. The van der Waals surface area contributed by atoms with Gasteiger partial charge in [-0.15, -0.1) is 0 Å². The van der Waals surface area contributed by atoms with Gasteiger partial charge < -0.3 is 14.9 Å². The molecule has 2 aliphatic heterocycles. The van der Waals surface area contributed by atoms with Crippen LogP contribution in [0.3, 0.4) is 0 Å². The van der Waals surface area contributed by atoms with Crippen molar-refractivity contribution in [3.63, 3.8) is 0 Å². The molecule has 2 atom stereocenters. The first-order valence-electron chi connectivity index (χ1n) is 8.51. The molecular formula is C20H19N3O2. The molecule has 0 aromatic heterocycles.